The van der Waals surface area contributed by atoms with Gasteiger partial charge in [-0.1, -0.05) is 286 Å². The molecule has 0 aliphatic carbocycles. The third-order valence-corrected chi connectivity index (χ3v) is 13.8. The number of hydrogen-bond acceptors (Lipinski definition) is 6. The number of carbonyl (C=O) groups excluding carboxylic acids is 3. The topological polar surface area (TPSA) is 78.9 Å². The monoisotopic (exact) mass is 919 g/mol. The van der Waals surface area contributed by atoms with Crippen LogP contribution in [0.5, 0.6) is 0 Å². The molecular weight excluding hydrogens is 805 g/mol. The fourth-order valence-electron chi connectivity index (χ4n) is 8.97. The van der Waals surface area contributed by atoms with Crippen molar-refractivity contribution in [2.45, 2.75) is 330 Å². The number of esters is 3. The van der Waals surface area contributed by atoms with Gasteiger partial charge in [0, 0.05) is 19.3 Å². The fourth-order valence-corrected chi connectivity index (χ4v) is 8.97. The van der Waals surface area contributed by atoms with E-state index in [2.05, 4.69) is 41.5 Å². The van der Waals surface area contributed by atoms with E-state index in [1.165, 1.54) is 205 Å². The lowest BCUT2D eigenvalue weighted by molar-refractivity contribution is -0.167. The lowest BCUT2D eigenvalue weighted by atomic mass is 9.99. The van der Waals surface area contributed by atoms with E-state index in [0.29, 0.717) is 19.3 Å². The summed E-state index contributed by atoms with van der Waals surface area (Å²) >= 11 is 0. The summed E-state index contributed by atoms with van der Waals surface area (Å²) < 4.78 is 16.9. The van der Waals surface area contributed by atoms with Crippen LogP contribution in [0.15, 0.2) is 0 Å². The Morgan fingerprint density at radius 1 is 0.308 bits per heavy atom. The van der Waals surface area contributed by atoms with E-state index in [0.717, 1.165) is 75.5 Å². The minimum atomic E-state index is -0.764. The largest absolute Gasteiger partial charge is 0.462 e. The highest BCUT2D eigenvalue weighted by molar-refractivity contribution is 5.71. The molecule has 0 aromatic carbocycles. The Hall–Kier alpha value is -1.59. The molecule has 0 spiro atoms. The molecule has 0 bridgehead atoms. The molecule has 0 heterocycles. The van der Waals surface area contributed by atoms with Gasteiger partial charge in [-0.05, 0) is 37.0 Å². The summed E-state index contributed by atoms with van der Waals surface area (Å²) in [6.07, 6.45) is 52.3. The van der Waals surface area contributed by atoms with E-state index in [1.54, 1.807) is 0 Å². The zero-order chi connectivity index (χ0) is 47.7. The molecule has 65 heavy (non-hydrogen) atoms. The fraction of sp³-hybridized carbons (Fsp3) is 0.949. The highest BCUT2D eigenvalue weighted by atomic mass is 16.6. The second-order valence-corrected chi connectivity index (χ2v) is 21.5. The van der Waals surface area contributed by atoms with Gasteiger partial charge in [-0.15, -0.1) is 0 Å². The zero-order valence-electron chi connectivity index (χ0n) is 44.8. The average molecular weight is 920 g/mol. The molecule has 6 nitrogen and oxygen atoms in total. The lowest BCUT2D eigenvalue weighted by Crippen LogP contribution is -2.30. The molecule has 0 amide bonds. The SMILES string of the molecule is CCC(C)CCCCCCCCCCCCCCCCC(=O)OC[C@H](COC(=O)CCCCCCCCCCCCCCCCC(C)C)OC(=O)CCCCCCCCCCCC(C)C. The van der Waals surface area contributed by atoms with Gasteiger partial charge in [0.2, 0.25) is 0 Å². The van der Waals surface area contributed by atoms with E-state index >= 15 is 0 Å². The number of carbonyl (C=O) groups is 3. The lowest BCUT2D eigenvalue weighted by Gasteiger charge is -2.18. The molecule has 0 aromatic heterocycles. The Morgan fingerprint density at radius 3 is 0.800 bits per heavy atom. The maximum absolute atomic E-state index is 12.8. The van der Waals surface area contributed by atoms with Crippen molar-refractivity contribution in [3.63, 3.8) is 0 Å². The summed E-state index contributed by atoms with van der Waals surface area (Å²) in [6, 6.07) is 0. The van der Waals surface area contributed by atoms with Crippen molar-refractivity contribution in [3.05, 3.63) is 0 Å². The van der Waals surface area contributed by atoms with Gasteiger partial charge in [0.05, 0.1) is 0 Å². The van der Waals surface area contributed by atoms with Crippen molar-refractivity contribution in [2.75, 3.05) is 13.2 Å². The molecule has 0 rings (SSSR count). The summed E-state index contributed by atoms with van der Waals surface area (Å²) in [5.74, 6) is 1.70. The van der Waals surface area contributed by atoms with Crippen molar-refractivity contribution in [2.24, 2.45) is 17.8 Å². The van der Waals surface area contributed by atoms with Gasteiger partial charge in [0.1, 0.15) is 13.2 Å². The van der Waals surface area contributed by atoms with Crippen LogP contribution in [0.3, 0.4) is 0 Å². The van der Waals surface area contributed by atoms with Crippen molar-refractivity contribution in [1.29, 1.82) is 0 Å². The average Bonchev–Trinajstić information content (AvgIpc) is 3.28. The molecule has 0 saturated heterocycles. The van der Waals surface area contributed by atoms with Crippen LogP contribution >= 0.6 is 0 Å². The highest BCUT2D eigenvalue weighted by Crippen LogP contribution is 2.19. The highest BCUT2D eigenvalue weighted by Gasteiger charge is 2.19. The predicted octanol–water partition coefficient (Wildman–Crippen LogP) is 19.1. The second kappa shape index (κ2) is 50.3. The molecule has 2 atom stereocenters. The van der Waals surface area contributed by atoms with Gasteiger partial charge in [-0.25, -0.2) is 0 Å². The van der Waals surface area contributed by atoms with E-state index in [-0.39, 0.29) is 31.1 Å². The minimum Gasteiger partial charge on any atom is -0.462 e. The maximum Gasteiger partial charge on any atom is 0.306 e. The predicted molar refractivity (Wildman–Crippen MR) is 279 cm³/mol. The van der Waals surface area contributed by atoms with Crippen molar-refractivity contribution >= 4 is 17.9 Å². The Morgan fingerprint density at radius 2 is 0.538 bits per heavy atom. The smallest absolute Gasteiger partial charge is 0.306 e. The van der Waals surface area contributed by atoms with Crippen LogP contribution in [0.25, 0.3) is 0 Å². The summed E-state index contributed by atoms with van der Waals surface area (Å²) in [5, 5.41) is 0. The van der Waals surface area contributed by atoms with Crippen LogP contribution in [0.1, 0.15) is 324 Å². The van der Waals surface area contributed by atoms with Gasteiger partial charge in [0.25, 0.3) is 0 Å². The van der Waals surface area contributed by atoms with Crippen LogP contribution in [0, 0.1) is 17.8 Å². The zero-order valence-corrected chi connectivity index (χ0v) is 44.8. The molecule has 0 aliphatic heterocycles. The third-order valence-electron chi connectivity index (χ3n) is 13.8. The number of rotatable bonds is 52. The normalized spacial score (nSPS) is 12.6. The first-order valence-corrected chi connectivity index (χ1v) is 29.1. The van der Waals surface area contributed by atoms with Gasteiger partial charge >= 0.3 is 17.9 Å². The standard InChI is InChI=1S/C59H114O6/c1-7-55(6)47-41-35-29-23-17-13-9-11-15-19-25-31-37-43-49-58(61)64-52-56(65-59(62)50-44-38-32-26-20-22-28-34-40-46-54(4)5)51-63-57(60)48-42-36-30-24-18-14-10-8-12-16-21-27-33-39-45-53(2)3/h53-56H,7-52H2,1-6H3/t55?,56-/m0/s1. The molecule has 6 heteroatoms. The minimum absolute atomic E-state index is 0.0638. The van der Waals surface area contributed by atoms with Crippen LogP contribution in [0.4, 0.5) is 0 Å². The second-order valence-electron chi connectivity index (χ2n) is 21.5. The van der Waals surface area contributed by atoms with E-state index in [9.17, 15) is 14.4 Å². The molecule has 0 N–H and O–H groups in total. The summed E-state index contributed by atoms with van der Waals surface area (Å²) in [4.78, 5) is 38.1. The first kappa shape index (κ1) is 63.4. The Balaban J connectivity index is 4.27. The molecule has 0 radical (unpaired) electrons. The maximum atomic E-state index is 12.8. The quantitative estimate of drug-likeness (QED) is 0.0344. The Bertz CT molecular complexity index is 1010. The third kappa shape index (κ3) is 51.6. The molecule has 1 unspecified atom stereocenters. The van der Waals surface area contributed by atoms with Crippen molar-refractivity contribution in [3.8, 4) is 0 Å². The molecule has 0 aliphatic rings. The number of ether oxygens (including phenoxy) is 3. The summed E-state index contributed by atoms with van der Waals surface area (Å²) in [5.41, 5.74) is 0. The van der Waals surface area contributed by atoms with Crippen LogP contribution in [-0.2, 0) is 28.6 Å². The first-order chi connectivity index (χ1) is 31.6. The van der Waals surface area contributed by atoms with E-state index in [4.69, 9.17) is 14.2 Å². The molecule has 0 fully saturated rings. The van der Waals surface area contributed by atoms with Crippen LogP contribution in [0.2, 0.25) is 0 Å². The Labute approximate surface area is 406 Å². The van der Waals surface area contributed by atoms with Gasteiger partial charge in [0.15, 0.2) is 6.10 Å². The summed E-state index contributed by atoms with van der Waals surface area (Å²) in [7, 11) is 0. The van der Waals surface area contributed by atoms with Crippen molar-refractivity contribution < 1.29 is 28.6 Å². The van der Waals surface area contributed by atoms with Gasteiger partial charge in [-0.3, -0.25) is 14.4 Å². The van der Waals surface area contributed by atoms with E-state index < -0.39 is 6.10 Å². The van der Waals surface area contributed by atoms with E-state index in [1.807, 2.05) is 0 Å². The van der Waals surface area contributed by atoms with Crippen LogP contribution in [-0.4, -0.2) is 37.2 Å². The van der Waals surface area contributed by atoms with Gasteiger partial charge in [-0.2, -0.15) is 0 Å². The molecular formula is C59H114O6. The van der Waals surface area contributed by atoms with Crippen molar-refractivity contribution in [1.82, 2.24) is 0 Å². The molecule has 0 aromatic rings. The van der Waals surface area contributed by atoms with Gasteiger partial charge < -0.3 is 14.2 Å². The number of hydrogen-bond donors (Lipinski definition) is 0. The number of unbranched alkanes of at least 4 members (excludes halogenated alkanes) is 34. The molecule has 0 saturated carbocycles. The first-order valence-electron chi connectivity index (χ1n) is 29.1. The Kier molecular flexibility index (Phi) is 49.1. The molecule has 386 valence electrons. The van der Waals surface area contributed by atoms with Crippen LogP contribution < -0.4 is 0 Å². The summed E-state index contributed by atoms with van der Waals surface area (Å²) in [6.45, 7) is 13.8.